The summed E-state index contributed by atoms with van der Waals surface area (Å²) in [6, 6.07) is 24.6. The Labute approximate surface area is 202 Å². The van der Waals surface area contributed by atoms with Crippen molar-refractivity contribution in [2.24, 2.45) is 5.73 Å². The van der Waals surface area contributed by atoms with E-state index in [4.69, 9.17) is 10.5 Å². The van der Waals surface area contributed by atoms with Crippen LogP contribution in [0.3, 0.4) is 0 Å². The molecule has 2 unspecified atom stereocenters. The number of hydrogen-bond donors (Lipinski definition) is 1. The van der Waals surface area contributed by atoms with Gasteiger partial charge in [0.05, 0.1) is 12.2 Å². The lowest BCUT2D eigenvalue weighted by Gasteiger charge is -2.37. The molecule has 3 aliphatic heterocycles. The van der Waals surface area contributed by atoms with Crippen LogP contribution >= 0.6 is 0 Å². The monoisotopic (exact) mass is 462 g/mol. The van der Waals surface area contributed by atoms with Gasteiger partial charge in [0.2, 0.25) is 17.4 Å². The van der Waals surface area contributed by atoms with Gasteiger partial charge in [-0.3, -0.25) is 9.59 Å². The average Bonchev–Trinajstić information content (AvgIpc) is 3.36. The van der Waals surface area contributed by atoms with E-state index in [2.05, 4.69) is 6.07 Å². The average molecular weight is 463 g/mol. The van der Waals surface area contributed by atoms with E-state index in [9.17, 15) is 14.9 Å². The number of nitriles is 1. The molecule has 7 heteroatoms. The van der Waals surface area contributed by atoms with Crippen LogP contribution in [0.5, 0.6) is 0 Å². The van der Waals surface area contributed by atoms with Crippen molar-refractivity contribution < 1.29 is 14.3 Å². The molecule has 3 aromatic carbocycles. The maximum atomic E-state index is 14.6. The van der Waals surface area contributed by atoms with Gasteiger partial charge < -0.3 is 20.3 Å². The lowest BCUT2D eigenvalue weighted by atomic mass is 9.62. The zero-order chi connectivity index (χ0) is 24.5. The molecular weight excluding hydrogens is 440 g/mol. The van der Waals surface area contributed by atoms with E-state index in [1.807, 2.05) is 67.6 Å². The van der Waals surface area contributed by atoms with Crippen LogP contribution in [-0.4, -0.2) is 18.9 Å². The Morgan fingerprint density at radius 2 is 1.66 bits per heavy atom. The number of fused-ring (bicyclic) bond motifs is 5. The van der Waals surface area contributed by atoms with Gasteiger partial charge in [-0.1, -0.05) is 60.2 Å². The van der Waals surface area contributed by atoms with Crippen molar-refractivity contribution in [2.75, 3.05) is 16.8 Å². The minimum atomic E-state index is -1.82. The van der Waals surface area contributed by atoms with E-state index < -0.39 is 22.8 Å². The first kappa shape index (κ1) is 21.0. The van der Waals surface area contributed by atoms with Gasteiger partial charge in [-0.15, -0.1) is 0 Å². The highest BCUT2D eigenvalue weighted by Crippen LogP contribution is 2.65. The first-order valence-corrected chi connectivity index (χ1v) is 11.3. The molecule has 172 valence electrons. The second-order valence-electron chi connectivity index (χ2n) is 9.16. The van der Waals surface area contributed by atoms with Gasteiger partial charge in [0.15, 0.2) is 5.41 Å². The summed E-state index contributed by atoms with van der Waals surface area (Å²) in [5.74, 6) is -1.04. The second-order valence-corrected chi connectivity index (χ2v) is 9.16. The van der Waals surface area contributed by atoms with Gasteiger partial charge in [0.25, 0.3) is 5.91 Å². The van der Waals surface area contributed by atoms with Crippen molar-refractivity contribution in [1.82, 2.24) is 0 Å². The van der Waals surface area contributed by atoms with Gasteiger partial charge in [0.1, 0.15) is 11.6 Å². The molecule has 6 rings (SSSR count). The molecule has 0 bridgehead atoms. The number of rotatable bonds is 2. The minimum absolute atomic E-state index is 0.0402. The maximum Gasteiger partial charge on any atom is 0.277 e. The Morgan fingerprint density at radius 1 is 0.943 bits per heavy atom. The third-order valence-electron chi connectivity index (χ3n) is 7.37. The molecule has 3 aromatic rings. The highest BCUT2D eigenvalue weighted by Gasteiger charge is 2.78. The number of ether oxygens (including phenoxy) is 1. The molecule has 0 saturated heterocycles. The van der Waals surface area contributed by atoms with Crippen LogP contribution in [0.2, 0.25) is 0 Å². The Hall–Kier alpha value is -4.57. The van der Waals surface area contributed by atoms with E-state index in [-0.39, 0.29) is 18.0 Å². The van der Waals surface area contributed by atoms with Crippen molar-refractivity contribution in [3.8, 4) is 6.07 Å². The molecule has 2 atom stereocenters. The van der Waals surface area contributed by atoms with Crippen molar-refractivity contribution in [3.05, 3.63) is 107 Å². The standard InChI is InChI=1S/C28H22N4O3/c1-17-12-13-22-20(14-17)28(26(34)31(22)2)27(21(15-29)24(30)35-28)19-10-6-7-11-23(19)32(25(27)33)16-18-8-4-3-5-9-18/h3-14H,16,30H2,1-2H3. The normalized spacial score (nSPS) is 24.3. The summed E-state index contributed by atoms with van der Waals surface area (Å²) in [6.45, 7) is 2.18. The molecule has 2 N–H and O–H groups in total. The van der Waals surface area contributed by atoms with Crippen LogP contribution < -0.4 is 15.5 Å². The molecule has 35 heavy (non-hydrogen) atoms. The number of anilines is 2. The topological polar surface area (TPSA) is 99.7 Å². The van der Waals surface area contributed by atoms with Gasteiger partial charge in [-0.05, 0) is 30.7 Å². The van der Waals surface area contributed by atoms with Gasteiger partial charge in [0, 0.05) is 23.9 Å². The van der Waals surface area contributed by atoms with Crippen molar-refractivity contribution in [1.29, 1.82) is 5.26 Å². The number of benzene rings is 3. The Morgan fingerprint density at radius 3 is 2.40 bits per heavy atom. The molecular formula is C28H22N4O3. The zero-order valence-corrected chi connectivity index (χ0v) is 19.3. The number of hydrogen-bond acceptors (Lipinski definition) is 5. The number of amides is 2. The van der Waals surface area contributed by atoms with E-state index in [0.717, 1.165) is 11.1 Å². The van der Waals surface area contributed by atoms with E-state index in [1.165, 1.54) is 4.90 Å². The number of para-hydroxylation sites is 1. The summed E-state index contributed by atoms with van der Waals surface area (Å²) in [4.78, 5) is 31.9. The molecule has 0 aromatic heterocycles. The van der Waals surface area contributed by atoms with Crippen LogP contribution in [-0.2, 0) is 31.9 Å². The van der Waals surface area contributed by atoms with Gasteiger partial charge >= 0.3 is 0 Å². The molecule has 0 radical (unpaired) electrons. The summed E-state index contributed by atoms with van der Waals surface area (Å²) in [5.41, 5.74) is 6.84. The minimum Gasteiger partial charge on any atom is -0.455 e. The fourth-order valence-electron chi connectivity index (χ4n) is 5.90. The number of nitrogens with two attached hydrogens (primary N) is 1. The van der Waals surface area contributed by atoms with Crippen molar-refractivity contribution >= 4 is 23.2 Å². The number of likely N-dealkylation sites (N-methyl/N-ethyl adjacent to an activating group) is 1. The lowest BCUT2D eigenvalue weighted by molar-refractivity contribution is -0.148. The lowest BCUT2D eigenvalue weighted by Crippen LogP contribution is -2.58. The van der Waals surface area contributed by atoms with Crippen LogP contribution in [0, 0.1) is 18.3 Å². The third-order valence-corrected chi connectivity index (χ3v) is 7.37. The van der Waals surface area contributed by atoms with Crippen LogP contribution in [0.1, 0.15) is 22.3 Å². The molecule has 2 amide bonds. The van der Waals surface area contributed by atoms with E-state index in [0.29, 0.717) is 22.5 Å². The molecule has 3 heterocycles. The van der Waals surface area contributed by atoms with Crippen molar-refractivity contribution in [3.63, 3.8) is 0 Å². The third kappa shape index (κ3) is 2.33. The largest absolute Gasteiger partial charge is 0.455 e. The van der Waals surface area contributed by atoms with Crippen molar-refractivity contribution in [2.45, 2.75) is 24.5 Å². The predicted molar refractivity (Wildman–Crippen MR) is 130 cm³/mol. The van der Waals surface area contributed by atoms with Crippen LogP contribution in [0.4, 0.5) is 11.4 Å². The highest BCUT2D eigenvalue weighted by molar-refractivity contribution is 6.20. The fourth-order valence-corrected chi connectivity index (χ4v) is 5.90. The highest BCUT2D eigenvalue weighted by atomic mass is 16.5. The first-order valence-electron chi connectivity index (χ1n) is 11.3. The summed E-state index contributed by atoms with van der Waals surface area (Å²) in [5, 5.41) is 10.3. The second kappa shape index (κ2) is 6.97. The number of carbonyl (C=O) groups is 2. The summed E-state index contributed by atoms with van der Waals surface area (Å²) in [6.07, 6.45) is 0. The Balaban J connectivity index is 1.69. The number of aryl methyl sites for hydroxylation is 1. The van der Waals surface area contributed by atoms with Gasteiger partial charge in [-0.2, -0.15) is 5.26 Å². The molecule has 3 aliphatic rings. The Bertz CT molecular complexity index is 1510. The van der Waals surface area contributed by atoms with Crippen LogP contribution in [0.25, 0.3) is 0 Å². The summed E-state index contributed by atoms with van der Waals surface area (Å²) >= 11 is 0. The zero-order valence-electron chi connectivity index (χ0n) is 19.3. The molecule has 0 aliphatic carbocycles. The van der Waals surface area contributed by atoms with Gasteiger partial charge in [-0.25, -0.2) is 0 Å². The van der Waals surface area contributed by atoms with E-state index in [1.54, 1.807) is 24.1 Å². The Kier molecular flexibility index (Phi) is 4.18. The first-order chi connectivity index (χ1) is 16.9. The number of nitrogens with zero attached hydrogens (tertiary/aromatic N) is 3. The summed E-state index contributed by atoms with van der Waals surface area (Å²) < 4.78 is 6.24. The molecule has 7 nitrogen and oxygen atoms in total. The van der Waals surface area contributed by atoms with E-state index >= 15 is 0 Å². The fraction of sp³-hybridized carbons (Fsp3) is 0.179. The quantitative estimate of drug-likeness (QED) is 0.630. The molecule has 2 spiro atoms. The molecule has 0 saturated carbocycles. The predicted octanol–water partition coefficient (Wildman–Crippen LogP) is 3.38. The maximum absolute atomic E-state index is 14.6. The SMILES string of the molecule is Cc1ccc2c(c1)C1(OC(N)=C(C#N)C13C(=O)N(Cc1ccccc1)c1ccccc13)C(=O)N2C. The molecule has 0 fully saturated rings. The summed E-state index contributed by atoms with van der Waals surface area (Å²) in [7, 11) is 1.65. The van der Waals surface area contributed by atoms with Crippen LogP contribution in [0.15, 0.2) is 84.3 Å². The number of carbonyl (C=O) groups excluding carboxylic acids is 2. The smallest absolute Gasteiger partial charge is 0.277 e.